The second-order valence-corrected chi connectivity index (χ2v) is 26.6. The van der Waals surface area contributed by atoms with Crippen LogP contribution in [-0.4, -0.2) is 114 Å². The van der Waals surface area contributed by atoms with Crippen LogP contribution >= 0.6 is 34.9 Å². The second-order valence-electron chi connectivity index (χ2n) is 21.9. The van der Waals surface area contributed by atoms with Crippen molar-refractivity contribution in [3.63, 3.8) is 0 Å². The molecule has 0 radical (unpaired) electrons. The summed E-state index contributed by atoms with van der Waals surface area (Å²) in [6.45, 7) is 22.1. The summed E-state index contributed by atoms with van der Waals surface area (Å²) in [5.41, 5.74) is 9.00. The van der Waals surface area contributed by atoms with E-state index in [2.05, 4.69) is 281 Å². The van der Waals surface area contributed by atoms with Crippen molar-refractivity contribution in [1.82, 2.24) is 0 Å². The van der Waals surface area contributed by atoms with Gasteiger partial charge in [-0.2, -0.15) is 0 Å². The van der Waals surface area contributed by atoms with E-state index < -0.39 is 0 Å². The molecular weight excluding hydrogens is 1430 g/mol. The summed E-state index contributed by atoms with van der Waals surface area (Å²) in [6, 6.07) is 74.9. The van der Waals surface area contributed by atoms with Gasteiger partial charge in [0.15, 0.2) is 0 Å². The molecule has 0 unspecified atom stereocenters. The Balaban J connectivity index is 0.000000352. The Morgan fingerprint density at radius 1 is 0.376 bits per heavy atom. The molecule has 0 bridgehead atoms. The van der Waals surface area contributed by atoms with Crippen LogP contribution in [0.3, 0.4) is 0 Å². The minimum atomic E-state index is -0.348. The number of hydrogen-bond acceptors (Lipinski definition) is 10. The number of para-hydroxylation sites is 2. The van der Waals surface area contributed by atoms with E-state index in [0.29, 0.717) is 89.7 Å². The molecule has 0 atom stereocenters. The van der Waals surface area contributed by atoms with Crippen molar-refractivity contribution in [3.05, 3.63) is 240 Å². The largest absolute Gasteiger partial charge is 0.0622 e. The van der Waals surface area contributed by atoms with E-state index in [1.54, 1.807) is 0 Å². The van der Waals surface area contributed by atoms with Crippen LogP contribution in [0.2, 0.25) is 0 Å². The Kier molecular flexibility index (Phi) is 44.8. The van der Waals surface area contributed by atoms with Crippen LogP contribution in [-0.2, 0) is 55.3 Å². The van der Waals surface area contributed by atoms with Gasteiger partial charge in [-0.3, -0.25) is 0 Å². The van der Waals surface area contributed by atoms with Gasteiger partial charge in [-0.1, -0.05) is 221 Å². The zero-order valence-electron chi connectivity index (χ0n) is 54.4. The second kappa shape index (κ2) is 50.6. The maximum Gasteiger partial charge on any atom is -0.0195 e. The first kappa shape index (κ1) is 82.5. The summed E-state index contributed by atoms with van der Waals surface area (Å²) in [7, 11) is 8.28. The Morgan fingerprint density at radius 3 is 0.892 bits per heavy atom. The molecule has 0 spiro atoms. The van der Waals surface area contributed by atoms with Crippen molar-refractivity contribution in [1.29, 1.82) is 0 Å². The van der Waals surface area contributed by atoms with Gasteiger partial charge in [0.05, 0.1) is 90.7 Å². The fraction of sp³-hybridized carbons (Fsp3) is 0.351. The van der Waals surface area contributed by atoms with Crippen LogP contribution in [0.1, 0.15) is 120 Å². The van der Waals surface area contributed by atoms with Crippen LogP contribution in [0.4, 0.5) is 11.4 Å². The standard InChI is InChI=1S/C26H24P2.2C25H34NO4.CH4.2ClH.2Pd/c1-5-13-23(14-6-1)27(24-15-7-2-8-16-24)21-22-28(25-17-9-3-10-18-25)26-19-11-4-12-20-26;2*1-19(2)23-6-5-7-24(20(3)4)25(23)26-18-21-8-10-22(11-9-21)30-17-16-29-15-14-28-13-12-27;;;;;/h1-20H,21-22H2;2*5-8,10-11,18-20,27H,12-17H2,1-4H3;1H4;2*1H;;/q;2*-1;;;;2*+2/p-2. The molecule has 0 aromatic heterocycles. The van der Waals surface area contributed by atoms with Gasteiger partial charge in [0, 0.05) is 11.5 Å². The van der Waals surface area contributed by atoms with Crippen LogP contribution < -0.4 is 30.7 Å². The Morgan fingerprint density at radius 2 is 0.645 bits per heavy atom. The number of benzene rings is 8. The van der Waals surface area contributed by atoms with Gasteiger partial charge in [0.2, 0.25) is 0 Å². The number of aliphatic imine (C=N–C) groups is 2. The first-order valence-corrected chi connectivity index (χ1v) is 38.2. The van der Waals surface area contributed by atoms with Crippen LogP contribution in [0, 0.1) is 12.1 Å². The number of aliphatic hydroxyl groups excluding tert-OH is 2. The van der Waals surface area contributed by atoms with E-state index in [1.165, 1.54) is 55.8 Å². The minimum absolute atomic E-state index is 0. The van der Waals surface area contributed by atoms with E-state index in [4.69, 9.17) is 48.6 Å². The van der Waals surface area contributed by atoms with Crippen LogP contribution in [0.5, 0.6) is 11.5 Å². The van der Waals surface area contributed by atoms with E-state index >= 15 is 0 Å². The molecule has 8 aromatic rings. The molecule has 0 aliphatic rings. The maximum absolute atomic E-state index is 8.62. The van der Waals surface area contributed by atoms with Gasteiger partial charge >= 0.3 is 55.4 Å². The quantitative estimate of drug-likeness (QED) is 0.0137. The van der Waals surface area contributed by atoms with Gasteiger partial charge in [-0.25, -0.2) is 0 Å². The number of hydrogen-bond donors (Lipinski definition) is 2. The molecule has 0 fully saturated rings. The molecule has 93 heavy (non-hydrogen) atoms. The van der Waals surface area contributed by atoms with E-state index in [-0.39, 0.29) is 36.5 Å². The number of rotatable bonds is 33. The topological polar surface area (TPSA) is 121 Å². The number of nitrogens with zero attached hydrogens (tertiary/aromatic N) is 2. The number of aliphatic hydroxyl groups is 2. The summed E-state index contributed by atoms with van der Waals surface area (Å²) in [6.07, 6.45) is 6.15. The first-order chi connectivity index (χ1) is 45.0. The predicted molar refractivity (Wildman–Crippen MR) is 389 cm³/mol. The fourth-order valence-corrected chi connectivity index (χ4v) is 14.8. The summed E-state index contributed by atoms with van der Waals surface area (Å²) >= 11 is 4.44. The van der Waals surface area contributed by atoms with Crippen molar-refractivity contribution < 1.29 is 75.0 Å². The summed E-state index contributed by atoms with van der Waals surface area (Å²) in [5.74, 6) is 3.16. The molecule has 8 aromatic carbocycles. The number of halogens is 2. The third kappa shape index (κ3) is 31.3. The van der Waals surface area contributed by atoms with Crippen molar-refractivity contribution in [2.75, 3.05) is 91.6 Å². The molecule has 506 valence electrons. The van der Waals surface area contributed by atoms with E-state index in [0.717, 1.165) is 34.0 Å². The summed E-state index contributed by atoms with van der Waals surface area (Å²) in [5, 5.41) is 23.1. The molecule has 0 amide bonds. The Hall–Kier alpha value is -4.78. The number of ether oxygens (including phenoxy) is 6. The van der Waals surface area contributed by atoms with E-state index in [9.17, 15) is 0 Å². The van der Waals surface area contributed by atoms with Gasteiger partial charge in [0.25, 0.3) is 0 Å². The van der Waals surface area contributed by atoms with Crippen LogP contribution in [0.15, 0.2) is 204 Å². The molecule has 0 aliphatic carbocycles. The van der Waals surface area contributed by atoms with E-state index in [1.807, 2.05) is 48.8 Å². The molecular formula is C77H96Cl2N2O8P2Pd2. The minimum Gasteiger partial charge on any atom is -0.0622 e. The molecule has 16 heteroatoms. The average molecular weight is 1520 g/mol. The van der Waals surface area contributed by atoms with Crippen molar-refractivity contribution in [3.8, 4) is 11.5 Å². The van der Waals surface area contributed by atoms with Gasteiger partial charge in [-0.05, 0) is 108 Å². The van der Waals surface area contributed by atoms with Gasteiger partial charge < -0.3 is 48.6 Å². The first-order valence-electron chi connectivity index (χ1n) is 31.1. The molecule has 10 nitrogen and oxygen atoms in total. The van der Waals surface area contributed by atoms with Gasteiger partial charge in [0.1, 0.15) is 0 Å². The van der Waals surface area contributed by atoms with Crippen molar-refractivity contribution in [2.24, 2.45) is 9.98 Å². The monoisotopic (exact) mass is 1520 g/mol. The van der Waals surface area contributed by atoms with Gasteiger partial charge in [-0.15, -0.1) is 59.7 Å². The average Bonchev–Trinajstić information content (AvgIpc) is 1.68. The molecule has 0 saturated heterocycles. The Labute approximate surface area is 589 Å². The SMILES string of the molecule is C.CC(C)c1cccc(C(C)C)c1N=Cc1[c-]cc(OCCOCCOCCO)cc1.CC(C)c1cccc(C(C)C)c1N=Cc1[c-]cc(OCCOCCOCCO)cc1.[Cl][Pd+].[Cl][Pd+].c1ccc(P(CCP(c2ccccc2)c2ccccc2)c2ccccc2)cc1. The predicted octanol–water partition coefficient (Wildman–Crippen LogP) is 17.0. The third-order valence-electron chi connectivity index (χ3n) is 14.0. The summed E-state index contributed by atoms with van der Waals surface area (Å²) in [4.78, 5) is 9.64. The zero-order chi connectivity index (χ0) is 66.6. The third-order valence-corrected chi connectivity index (χ3v) is 19.4. The normalized spacial score (nSPS) is 11.0. The maximum atomic E-state index is 8.62. The molecule has 0 aliphatic heterocycles. The van der Waals surface area contributed by atoms with Crippen LogP contribution in [0.25, 0.3) is 0 Å². The molecule has 0 saturated carbocycles. The van der Waals surface area contributed by atoms with Crippen molar-refractivity contribution >= 4 is 79.9 Å². The van der Waals surface area contributed by atoms with Crippen molar-refractivity contribution in [2.45, 2.75) is 86.5 Å². The fourth-order valence-electron chi connectivity index (χ4n) is 9.43. The smallest absolute Gasteiger partial charge is 0.0195 e. The molecule has 8 rings (SSSR count). The summed E-state index contributed by atoms with van der Waals surface area (Å²) < 4.78 is 32.4. The zero-order valence-corrected chi connectivity index (χ0v) is 60.8. The Bertz CT molecular complexity index is 2860. The molecule has 2 N–H and O–H groups in total. The molecule has 0 heterocycles.